The predicted molar refractivity (Wildman–Crippen MR) is 127 cm³/mol. The van der Waals surface area contributed by atoms with Crippen molar-refractivity contribution in [3.8, 4) is 23.0 Å². The molecule has 0 N–H and O–H groups in total. The number of fused-ring (bicyclic) bond motifs is 1. The molecule has 0 aromatic heterocycles. The highest BCUT2D eigenvalue weighted by atomic mass is 19.3. The Hall–Kier alpha value is -3.32. The molecule has 0 nitrogen and oxygen atoms in total. The van der Waals surface area contributed by atoms with E-state index in [0.29, 0.717) is 17.2 Å². The molecule has 4 heteroatoms. The van der Waals surface area contributed by atoms with Crippen molar-refractivity contribution >= 4 is 16.8 Å². The third kappa shape index (κ3) is 5.37. The van der Waals surface area contributed by atoms with Gasteiger partial charge in [0, 0.05) is 22.9 Å². The summed E-state index contributed by atoms with van der Waals surface area (Å²) in [5, 5.41) is 0.413. The van der Waals surface area contributed by atoms with Crippen LogP contribution in [0.2, 0.25) is 0 Å². The van der Waals surface area contributed by atoms with Gasteiger partial charge in [0.25, 0.3) is 6.08 Å². The fraction of sp³-hybridized carbons (Fsp3) is 0.241. The van der Waals surface area contributed by atoms with Crippen LogP contribution < -0.4 is 0 Å². The fourth-order valence-corrected chi connectivity index (χ4v) is 4.43. The Labute approximate surface area is 191 Å². The third-order valence-corrected chi connectivity index (χ3v) is 6.19. The summed E-state index contributed by atoms with van der Waals surface area (Å²) in [6.07, 6.45) is 7.11. The first-order chi connectivity index (χ1) is 15.9. The van der Waals surface area contributed by atoms with Crippen LogP contribution in [-0.2, 0) is 0 Å². The van der Waals surface area contributed by atoms with Crippen LogP contribution in [0.5, 0.6) is 0 Å². The smallest absolute Gasteiger partial charge is 0.206 e. The number of hydrogen-bond donors (Lipinski definition) is 0. The molecule has 1 saturated carbocycles. The van der Waals surface area contributed by atoms with E-state index in [0.717, 1.165) is 35.6 Å². The van der Waals surface area contributed by atoms with Gasteiger partial charge in [-0.3, -0.25) is 0 Å². The molecule has 33 heavy (non-hydrogen) atoms. The minimum absolute atomic E-state index is 0.0966. The molecule has 1 fully saturated rings. The van der Waals surface area contributed by atoms with E-state index < -0.39 is 23.3 Å². The lowest BCUT2D eigenvalue weighted by molar-refractivity contribution is 0.364. The maximum Gasteiger partial charge on any atom is 0.271 e. The fourth-order valence-electron chi connectivity index (χ4n) is 4.43. The summed E-state index contributed by atoms with van der Waals surface area (Å²) in [7, 11) is 0. The summed E-state index contributed by atoms with van der Waals surface area (Å²) in [5.41, 5.74) is 1.86. The Morgan fingerprint density at radius 1 is 0.909 bits per heavy atom. The zero-order chi connectivity index (χ0) is 23.4. The van der Waals surface area contributed by atoms with Gasteiger partial charge in [0.05, 0.1) is 5.56 Å². The molecule has 0 bridgehead atoms. The average molecular weight is 449 g/mol. The summed E-state index contributed by atoms with van der Waals surface area (Å²) in [6.45, 7) is 2.06. The molecule has 0 amide bonds. The first kappa shape index (κ1) is 22.9. The molecule has 168 valence electrons. The molecule has 0 unspecified atom stereocenters. The largest absolute Gasteiger partial charge is 0.271 e. The molecule has 4 rings (SSSR count). The van der Waals surface area contributed by atoms with Crippen LogP contribution >= 0.6 is 0 Å². The van der Waals surface area contributed by atoms with Crippen molar-refractivity contribution in [1.82, 2.24) is 0 Å². The summed E-state index contributed by atoms with van der Waals surface area (Å²) in [6, 6.07) is 13.7. The van der Waals surface area contributed by atoms with Crippen LogP contribution in [0.3, 0.4) is 0 Å². The standard InChI is InChI=1S/C29H24F4/c1-2-3-19-4-6-20(7-5-19)8-9-21-10-12-22(13-11-21)23-14-15-25-24(16-23)17-27(30)26(29(25)33)18-28(31)32/h2-3,10-20H,4-7H2,1H3/b3-2+. The highest BCUT2D eigenvalue weighted by Crippen LogP contribution is 2.31. The molecule has 1 aliphatic carbocycles. The second-order valence-corrected chi connectivity index (χ2v) is 8.44. The van der Waals surface area contributed by atoms with E-state index in [1.54, 1.807) is 12.1 Å². The van der Waals surface area contributed by atoms with E-state index in [1.807, 2.05) is 24.3 Å². The SMILES string of the molecule is C/C=C/C1CCC(C#Cc2ccc(-c3ccc4c(F)c(C=C(F)F)c(F)cc4c3)cc2)CC1. The van der Waals surface area contributed by atoms with E-state index in [-0.39, 0.29) is 11.5 Å². The number of rotatable bonds is 3. The molecule has 3 aromatic rings. The molecule has 0 aliphatic heterocycles. The van der Waals surface area contributed by atoms with Crippen molar-refractivity contribution in [1.29, 1.82) is 0 Å². The third-order valence-electron chi connectivity index (χ3n) is 6.19. The first-order valence-electron chi connectivity index (χ1n) is 11.1. The molecule has 1 aliphatic rings. The van der Waals surface area contributed by atoms with Gasteiger partial charge in [0.1, 0.15) is 11.6 Å². The summed E-state index contributed by atoms with van der Waals surface area (Å²) in [5.74, 6) is 5.78. The molecule has 0 spiro atoms. The van der Waals surface area contributed by atoms with E-state index >= 15 is 0 Å². The maximum absolute atomic E-state index is 14.5. The highest BCUT2D eigenvalue weighted by Gasteiger charge is 2.17. The van der Waals surface area contributed by atoms with Gasteiger partial charge < -0.3 is 0 Å². The van der Waals surface area contributed by atoms with Crippen molar-refractivity contribution in [2.75, 3.05) is 0 Å². The zero-order valence-electron chi connectivity index (χ0n) is 18.3. The van der Waals surface area contributed by atoms with Crippen LogP contribution in [0.1, 0.15) is 43.7 Å². The maximum atomic E-state index is 14.5. The monoisotopic (exact) mass is 448 g/mol. The van der Waals surface area contributed by atoms with E-state index in [1.165, 1.54) is 18.9 Å². The van der Waals surface area contributed by atoms with Crippen LogP contribution in [-0.4, -0.2) is 0 Å². The van der Waals surface area contributed by atoms with Crippen LogP contribution in [0.4, 0.5) is 17.6 Å². The van der Waals surface area contributed by atoms with Gasteiger partial charge in [-0.2, -0.15) is 8.78 Å². The molecule has 0 radical (unpaired) electrons. The lowest BCUT2D eigenvalue weighted by Crippen LogP contribution is -2.11. The lowest BCUT2D eigenvalue weighted by atomic mass is 9.82. The zero-order valence-corrected chi connectivity index (χ0v) is 18.3. The number of hydrogen-bond acceptors (Lipinski definition) is 0. The minimum Gasteiger partial charge on any atom is -0.206 e. The van der Waals surface area contributed by atoms with Gasteiger partial charge in [0.2, 0.25) is 0 Å². The van der Waals surface area contributed by atoms with Gasteiger partial charge in [-0.05, 0) is 79.3 Å². The summed E-state index contributed by atoms with van der Waals surface area (Å²) < 4.78 is 53.8. The number of allylic oxidation sites excluding steroid dienone is 2. The minimum atomic E-state index is -2.15. The molecule has 0 saturated heterocycles. The van der Waals surface area contributed by atoms with E-state index in [2.05, 4.69) is 30.9 Å². The quantitative estimate of drug-likeness (QED) is 0.213. The van der Waals surface area contributed by atoms with Gasteiger partial charge in [-0.1, -0.05) is 48.3 Å². The van der Waals surface area contributed by atoms with Gasteiger partial charge in [-0.25, -0.2) is 8.78 Å². The first-order valence-corrected chi connectivity index (χ1v) is 11.1. The van der Waals surface area contributed by atoms with Gasteiger partial charge in [-0.15, -0.1) is 0 Å². The lowest BCUT2D eigenvalue weighted by Gasteiger charge is -2.22. The van der Waals surface area contributed by atoms with Crippen molar-refractivity contribution in [2.45, 2.75) is 32.6 Å². The second kappa shape index (κ2) is 10.1. The van der Waals surface area contributed by atoms with Crippen molar-refractivity contribution in [3.63, 3.8) is 0 Å². The Balaban J connectivity index is 1.52. The molecule has 0 atom stereocenters. The number of halogens is 4. The van der Waals surface area contributed by atoms with Crippen molar-refractivity contribution < 1.29 is 17.6 Å². The predicted octanol–water partition coefficient (Wildman–Crippen LogP) is 8.76. The Kier molecular flexibility index (Phi) is 6.99. The second-order valence-electron chi connectivity index (χ2n) is 8.44. The Morgan fingerprint density at radius 3 is 2.27 bits per heavy atom. The van der Waals surface area contributed by atoms with Crippen molar-refractivity contribution in [3.05, 3.63) is 89.5 Å². The highest BCUT2D eigenvalue weighted by molar-refractivity contribution is 5.90. The van der Waals surface area contributed by atoms with Gasteiger partial charge >= 0.3 is 0 Å². The Bertz CT molecular complexity index is 1260. The molecule has 0 heterocycles. The normalized spacial score (nSPS) is 18.2. The van der Waals surface area contributed by atoms with Crippen LogP contribution in [0, 0.1) is 35.3 Å². The average Bonchev–Trinajstić information content (AvgIpc) is 2.81. The summed E-state index contributed by atoms with van der Waals surface area (Å²) >= 11 is 0. The summed E-state index contributed by atoms with van der Waals surface area (Å²) in [4.78, 5) is 0. The van der Waals surface area contributed by atoms with Crippen molar-refractivity contribution in [2.24, 2.45) is 11.8 Å². The van der Waals surface area contributed by atoms with E-state index in [9.17, 15) is 17.6 Å². The number of benzene rings is 3. The topological polar surface area (TPSA) is 0 Å². The van der Waals surface area contributed by atoms with Gasteiger partial charge in [0.15, 0.2) is 0 Å². The van der Waals surface area contributed by atoms with Crippen LogP contribution in [0.15, 0.2) is 66.8 Å². The molecule has 3 aromatic carbocycles. The molecular formula is C29H24F4. The van der Waals surface area contributed by atoms with Crippen LogP contribution in [0.25, 0.3) is 28.0 Å². The van der Waals surface area contributed by atoms with E-state index in [4.69, 9.17) is 0 Å². The Morgan fingerprint density at radius 2 is 1.61 bits per heavy atom. The molecular weight excluding hydrogens is 424 g/mol.